The third kappa shape index (κ3) is 3.97. The number of hydrogen-bond donors (Lipinski definition) is 1. The van der Waals surface area contributed by atoms with Crippen LogP contribution in [0.4, 0.5) is 42.5 Å². The van der Waals surface area contributed by atoms with Gasteiger partial charge in [-0.2, -0.15) is 26.3 Å². The molecule has 14 heteroatoms. The summed E-state index contributed by atoms with van der Waals surface area (Å²) >= 11 is 3.52. The molecule has 0 atom stereocenters. The second-order valence-electron chi connectivity index (χ2n) is 6.37. The van der Waals surface area contributed by atoms with Gasteiger partial charge in [0.05, 0.1) is 20.9 Å². The molecule has 0 spiro atoms. The van der Waals surface area contributed by atoms with Crippen LogP contribution in [-0.4, -0.2) is 27.1 Å². The number of nitro benzene ring substituents is 1. The fourth-order valence-electron chi connectivity index (χ4n) is 3.11. The van der Waals surface area contributed by atoms with E-state index in [-0.39, 0.29) is 22.9 Å². The van der Waals surface area contributed by atoms with Crippen molar-refractivity contribution in [1.82, 2.24) is 9.55 Å². The van der Waals surface area contributed by atoms with Crippen LogP contribution in [0.2, 0.25) is 0 Å². The largest absolute Gasteiger partial charge is 0.450 e. The lowest BCUT2D eigenvalue weighted by molar-refractivity contribution is -0.386. The molecule has 0 aliphatic heterocycles. The fraction of sp³-hybridized carbons (Fsp3) is 0.222. The highest BCUT2D eigenvalue weighted by Gasteiger charge is 2.44. The Balaban J connectivity index is 2.44. The van der Waals surface area contributed by atoms with E-state index >= 15 is 0 Å². The lowest BCUT2D eigenvalue weighted by Gasteiger charge is -2.23. The van der Waals surface area contributed by atoms with Crippen molar-refractivity contribution in [1.29, 1.82) is 0 Å². The molecule has 0 aliphatic carbocycles. The van der Waals surface area contributed by atoms with Crippen molar-refractivity contribution >= 4 is 41.1 Å². The minimum Gasteiger partial charge on any atom is -0.294 e. The van der Waals surface area contributed by atoms with Crippen LogP contribution >= 0.6 is 12.6 Å². The SMILES string of the molecule is CCN(C(=O)n1c(C(F)(F)F)nc2c([N+](=O)[O-])c(S)c(C(F)(F)F)cc21)c1ccccc1. The van der Waals surface area contributed by atoms with Crippen molar-refractivity contribution in [3.05, 3.63) is 57.9 Å². The van der Waals surface area contributed by atoms with Crippen LogP contribution in [-0.2, 0) is 12.4 Å². The molecule has 0 radical (unpaired) electrons. The first kappa shape index (κ1) is 23.4. The Bertz CT molecular complexity index is 1210. The third-order valence-electron chi connectivity index (χ3n) is 4.45. The smallest absolute Gasteiger partial charge is 0.294 e. The number of anilines is 1. The molecule has 0 saturated heterocycles. The van der Waals surface area contributed by atoms with Gasteiger partial charge in [-0.05, 0) is 25.1 Å². The van der Waals surface area contributed by atoms with Crippen molar-refractivity contribution in [2.24, 2.45) is 0 Å². The molecular weight excluding hydrogens is 466 g/mol. The van der Waals surface area contributed by atoms with Crippen LogP contribution < -0.4 is 4.90 Å². The summed E-state index contributed by atoms with van der Waals surface area (Å²) in [6.07, 6.45) is -10.5. The normalized spacial score (nSPS) is 12.2. The molecule has 170 valence electrons. The van der Waals surface area contributed by atoms with E-state index in [9.17, 15) is 41.3 Å². The minimum atomic E-state index is -5.31. The van der Waals surface area contributed by atoms with Gasteiger partial charge in [0, 0.05) is 12.2 Å². The van der Waals surface area contributed by atoms with Crippen LogP contribution in [0, 0.1) is 10.1 Å². The Morgan fingerprint density at radius 2 is 1.75 bits per heavy atom. The molecule has 0 bridgehead atoms. The molecule has 1 amide bonds. The Kier molecular flexibility index (Phi) is 5.84. The number of carbonyl (C=O) groups is 1. The van der Waals surface area contributed by atoms with Crippen LogP contribution in [0.1, 0.15) is 18.3 Å². The van der Waals surface area contributed by atoms with Crippen molar-refractivity contribution in [3.63, 3.8) is 0 Å². The number of amides is 1. The lowest BCUT2D eigenvalue weighted by Crippen LogP contribution is -2.36. The maximum absolute atomic E-state index is 13.7. The zero-order valence-electron chi connectivity index (χ0n) is 15.9. The third-order valence-corrected chi connectivity index (χ3v) is 4.90. The Morgan fingerprint density at radius 1 is 1.16 bits per heavy atom. The van der Waals surface area contributed by atoms with Gasteiger partial charge in [-0.3, -0.25) is 15.0 Å². The Labute approximate surface area is 180 Å². The first-order valence-electron chi connectivity index (χ1n) is 8.73. The first-order valence-corrected chi connectivity index (χ1v) is 9.17. The van der Waals surface area contributed by atoms with E-state index in [1.165, 1.54) is 31.2 Å². The molecule has 0 saturated carbocycles. The van der Waals surface area contributed by atoms with Crippen molar-refractivity contribution in [3.8, 4) is 0 Å². The molecule has 2 aromatic carbocycles. The van der Waals surface area contributed by atoms with E-state index in [4.69, 9.17) is 0 Å². The molecule has 1 heterocycles. The maximum atomic E-state index is 13.7. The highest BCUT2D eigenvalue weighted by atomic mass is 32.1. The van der Waals surface area contributed by atoms with E-state index in [2.05, 4.69) is 17.6 Å². The number of nitrogens with zero attached hydrogens (tertiary/aromatic N) is 4. The maximum Gasteiger partial charge on any atom is 0.450 e. The van der Waals surface area contributed by atoms with Crippen molar-refractivity contribution in [2.75, 3.05) is 11.4 Å². The number of fused-ring (bicyclic) bond motifs is 1. The Hall–Kier alpha value is -3.29. The molecule has 0 aliphatic rings. The van der Waals surface area contributed by atoms with Gasteiger partial charge in [-0.25, -0.2) is 14.3 Å². The number of alkyl halides is 6. The summed E-state index contributed by atoms with van der Waals surface area (Å²) in [5, 5.41) is 11.4. The van der Waals surface area contributed by atoms with Gasteiger partial charge in [-0.1, -0.05) is 18.2 Å². The molecule has 3 aromatic rings. The molecule has 0 unspecified atom stereocenters. The van der Waals surface area contributed by atoms with E-state index in [1.54, 1.807) is 6.07 Å². The summed E-state index contributed by atoms with van der Waals surface area (Å²) in [7, 11) is 0. The second-order valence-corrected chi connectivity index (χ2v) is 6.82. The van der Waals surface area contributed by atoms with Gasteiger partial charge in [0.15, 0.2) is 5.52 Å². The van der Waals surface area contributed by atoms with Gasteiger partial charge in [-0.15, -0.1) is 12.6 Å². The number of aromatic nitrogens is 2. The van der Waals surface area contributed by atoms with E-state index in [0.717, 1.165) is 4.90 Å². The monoisotopic (exact) mass is 478 g/mol. The number of imidazole rings is 1. The molecule has 1 aromatic heterocycles. The van der Waals surface area contributed by atoms with Gasteiger partial charge in [0.1, 0.15) is 0 Å². The fourth-order valence-corrected chi connectivity index (χ4v) is 3.49. The predicted octanol–water partition coefficient (Wildman–Crippen LogP) is 5.77. The van der Waals surface area contributed by atoms with Crippen molar-refractivity contribution < 1.29 is 36.1 Å². The van der Waals surface area contributed by atoms with Crippen LogP contribution in [0.5, 0.6) is 0 Å². The summed E-state index contributed by atoms with van der Waals surface area (Å²) < 4.78 is 81.5. The average Bonchev–Trinajstić information content (AvgIpc) is 3.07. The van der Waals surface area contributed by atoms with Gasteiger partial charge < -0.3 is 0 Å². The number of carbonyl (C=O) groups excluding carboxylic acids is 1. The molecule has 7 nitrogen and oxygen atoms in total. The number of halogens is 6. The van der Waals surface area contributed by atoms with Crippen LogP contribution in [0.3, 0.4) is 0 Å². The molecule has 0 fully saturated rings. The van der Waals surface area contributed by atoms with E-state index < -0.39 is 56.3 Å². The van der Waals surface area contributed by atoms with E-state index in [0.29, 0.717) is 0 Å². The zero-order valence-corrected chi connectivity index (χ0v) is 16.8. The van der Waals surface area contributed by atoms with Crippen LogP contribution in [0.25, 0.3) is 11.0 Å². The molecule has 0 N–H and O–H groups in total. The highest BCUT2D eigenvalue weighted by Crippen LogP contribution is 2.44. The second kappa shape index (κ2) is 8.00. The lowest BCUT2D eigenvalue weighted by atomic mass is 10.1. The summed E-state index contributed by atoms with van der Waals surface area (Å²) in [6, 6.07) is 6.21. The topological polar surface area (TPSA) is 81.3 Å². The van der Waals surface area contributed by atoms with Gasteiger partial charge in [0.25, 0.3) is 0 Å². The number of thiol groups is 1. The summed E-state index contributed by atoms with van der Waals surface area (Å²) in [6.45, 7) is 1.28. The standard InChI is InChI=1S/C18H12F6N4O3S/c1-2-26(9-6-4-3-5-7-9)16(29)27-11-8-10(17(19,20)21)14(32)13(28(30)31)12(11)25-15(27)18(22,23)24/h3-8,32H,2H2,1H3. The predicted molar refractivity (Wildman–Crippen MR) is 104 cm³/mol. The summed E-state index contributed by atoms with van der Waals surface area (Å²) in [4.78, 5) is 26.0. The van der Waals surface area contributed by atoms with E-state index in [1.807, 2.05) is 0 Å². The first-order chi connectivity index (χ1) is 14.8. The summed E-state index contributed by atoms with van der Waals surface area (Å²) in [5.74, 6) is -1.90. The molecular formula is C18H12F6N4O3S. The summed E-state index contributed by atoms with van der Waals surface area (Å²) in [5.41, 5.74) is -4.97. The van der Waals surface area contributed by atoms with Gasteiger partial charge >= 0.3 is 24.1 Å². The average molecular weight is 478 g/mol. The minimum absolute atomic E-state index is 0.0959. The van der Waals surface area contributed by atoms with Crippen LogP contribution in [0.15, 0.2) is 41.3 Å². The highest BCUT2D eigenvalue weighted by molar-refractivity contribution is 7.80. The Morgan fingerprint density at radius 3 is 2.22 bits per heavy atom. The zero-order chi connectivity index (χ0) is 24.0. The molecule has 32 heavy (non-hydrogen) atoms. The number of para-hydroxylation sites is 1. The number of hydrogen-bond acceptors (Lipinski definition) is 5. The van der Waals surface area contributed by atoms with Gasteiger partial charge in [0.2, 0.25) is 5.82 Å². The molecule has 3 rings (SSSR count). The number of rotatable bonds is 3. The van der Waals surface area contributed by atoms with Crippen molar-refractivity contribution in [2.45, 2.75) is 24.2 Å². The number of benzene rings is 2. The quantitative estimate of drug-likeness (QED) is 0.225. The number of nitro groups is 1.